The fourth-order valence-electron chi connectivity index (χ4n) is 2.47. The molecule has 1 atom stereocenters. The van der Waals surface area contributed by atoms with Gasteiger partial charge >= 0.3 is 0 Å². The second kappa shape index (κ2) is 9.11. The average Bonchev–Trinajstić information content (AvgIpc) is 2.64. The summed E-state index contributed by atoms with van der Waals surface area (Å²) in [4.78, 5) is 18.2. The van der Waals surface area contributed by atoms with E-state index in [0.717, 1.165) is 23.5 Å². The summed E-state index contributed by atoms with van der Waals surface area (Å²) < 4.78 is 41.2. The van der Waals surface area contributed by atoms with E-state index in [-0.39, 0.29) is 12.5 Å². The largest absolute Gasteiger partial charge is 0.363 e. The Morgan fingerprint density at radius 2 is 1.86 bits per heavy atom. The number of hydrogen-bond donors (Lipinski definition) is 2. The zero-order valence-corrected chi connectivity index (χ0v) is 17.1. The molecule has 0 saturated carbocycles. The zero-order valence-electron chi connectivity index (χ0n) is 16.3. The number of nitrogens with one attached hydrogen (secondary N) is 2. The van der Waals surface area contributed by atoms with Crippen molar-refractivity contribution in [3.63, 3.8) is 0 Å². The summed E-state index contributed by atoms with van der Waals surface area (Å²) in [5.74, 6) is -0.917. The van der Waals surface area contributed by atoms with E-state index in [4.69, 9.17) is 0 Å². The number of hydrogen-bond acceptors (Lipinski definition) is 5. The third-order valence-corrected chi connectivity index (χ3v) is 5.57. The Labute approximate surface area is 165 Å². The Morgan fingerprint density at radius 1 is 1.18 bits per heavy atom. The Kier molecular flexibility index (Phi) is 7.09. The van der Waals surface area contributed by atoms with E-state index in [0.29, 0.717) is 0 Å². The van der Waals surface area contributed by atoms with Crippen LogP contribution in [0.15, 0.2) is 47.5 Å². The van der Waals surface area contributed by atoms with Crippen LogP contribution in [0, 0.1) is 11.7 Å². The van der Waals surface area contributed by atoms with Gasteiger partial charge in [-0.2, -0.15) is 4.72 Å². The molecule has 0 fully saturated rings. The highest BCUT2D eigenvalue weighted by atomic mass is 32.2. The fourth-order valence-corrected chi connectivity index (χ4v) is 3.89. The van der Waals surface area contributed by atoms with Crippen molar-refractivity contribution < 1.29 is 17.6 Å². The van der Waals surface area contributed by atoms with Crippen molar-refractivity contribution in [2.24, 2.45) is 5.92 Å². The number of amides is 1. The van der Waals surface area contributed by atoms with Gasteiger partial charge in [-0.15, -0.1) is 0 Å². The van der Waals surface area contributed by atoms with Gasteiger partial charge in [0, 0.05) is 26.8 Å². The van der Waals surface area contributed by atoms with Crippen LogP contribution in [-0.2, 0) is 21.4 Å². The van der Waals surface area contributed by atoms with Crippen molar-refractivity contribution >= 4 is 21.7 Å². The van der Waals surface area contributed by atoms with Crippen LogP contribution < -0.4 is 14.9 Å². The molecule has 0 unspecified atom stereocenters. The van der Waals surface area contributed by atoms with Crippen molar-refractivity contribution in [2.45, 2.75) is 31.3 Å². The lowest BCUT2D eigenvalue weighted by molar-refractivity contribution is -0.123. The molecule has 0 spiro atoms. The van der Waals surface area contributed by atoms with Gasteiger partial charge in [0.25, 0.3) is 0 Å². The number of sulfonamides is 1. The minimum Gasteiger partial charge on any atom is -0.363 e. The highest BCUT2D eigenvalue weighted by Gasteiger charge is 2.29. The summed E-state index contributed by atoms with van der Waals surface area (Å²) in [6.45, 7) is 3.62. The van der Waals surface area contributed by atoms with Crippen LogP contribution in [0.3, 0.4) is 0 Å². The first-order valence-corrected chi connectivity index (χ1v) is 10.3. The number of halogens is 1. The molecule has 7 nitrogen and oxygen atoms in total. The van der Waals surface area contributed by atoms with Gasteiger partial charge in [0.1, 0.15) is 22.6 Å². The van der Waals surface area contributed by atoms with E-state index >= 15 is 0 Å². The number of nitrogens with zero attached hydrogens (tertiary/aromatic N) is 2. The summed E-state index contributed by atoms with van der Waals surface area (Å²) in [5.41, 5.74) is 0.776. The van der Waals surface area contributed by atoms with E-state index < -0.39 is 32.7 Å². The van der Waals surface area contributed by atoms with Crippen LogP contribution >= 0.6 is 0 Å². The van der Waals surface area contributed by atoms with Gasteiger partial charge in [-0.25, -0.2) is 17.8 Å². The third kappa shape index (κ3) is 5.49. The molecule has 0 aliphatic carbocycles. The van der Waals surface area contributed by atoms with Gasteiger partial charge in [-0.05, 0) is 29.7 Å². The first-order valence-electron chi connectivity index (χ1n) is 8.78. The van der Waals surface area contributed by atoms with Crippen molar-refractivity contribution in [1.29, 1.82) is 0 Å². The van der Waals surface area contributed by atoms with Crippen LogP contribution in [0.5, 0.6) is 0 Å². The molecular weight excluding hydrogens is 383 g/mol. The number of carbonyl (C=O) groups is 1. The van der Waals surface area contributed by atoms with Crippen LogP contribution in [0.1, 0.15) is 19.4 Å². The highest BCUT2D eigenvalue weighted by molar-refractivity contribution is 7.89. The number of aromatic nitrogens is 1. The molecule has 0 aliphatic rings. The Bertz CT molecular complexity index is 915. The van der Waals surface area contributed by atoms with Gasteiger partial charge in [-0.1, -0.05) is 32.0 Å². The summed E-state index contributed by atoms with van der Waals surface area (Å²) in [5, 5.41) is 2.70. The minimum absolute atomic E-state index is 0.199. The average molecular weight is 408 g/mol. The van der Waals surface area contributed by atoms with Crippen LogP contribution in [0.4, 0.5) is 10.2 Å². The van der Waals surface area contributed by atoms with E-state index in [1.165, 1.54) is 12.1 Å². The van der Waals surface area contributed by atoms with Crippen LogP contribution in [0.2, 0.25) is 0 Å². The minimum atomic E-state index is -4.18. The SMILES string of the molecule is CC(C)[C@H](NS(=O)(=O)c1ccccc1F)C(=O)NCc1ccc(N(C)C)nc1. The maximum absolute atomic E-state index is 13.9. The topological polar surface area (TPSA) is 91.4 Å². The molecule has 0 bridgehead atoms. The molecule has 2 aromatic rings. The molecule has 2 rings (SSSR count). The standard InChI is InChI=1S/C19H25FN4O3S/c1-13(2)18(23-28(26,27)16-8-6-5-7-15(16)20)19(25)22-12-14-9-10-17(21-11-14)24(3)4/h5-11,13,18,23H,12H2,1-4H3,(H,22,25)/t18-/m0/s1. The first-order chi connectivity index (χ1) is 13.1. The second-order valence-corrected chi connectivity index (χ2v) is 8.59. The molecule has 0 aliphatic heterocycles. The molecule has 1 aromatic carbocycles. The number of benzene rings is 1. The van der Waals surface area contributed by atoms with Gasteiger partial charge < -0.3 is 10.2 Å². The Balaban J connectivity index is 2.08. The van der Waals surface area contributed by atoms with E-state index in [2.05, 4.69) is 15.0 Å². The number of pyridine rings is 1. The molecule has 2 N–H and O–H groups in total. The first kappa shape index (κ1) is 21.8. The number of anilines is 1. The summed E-state index contributed by atoms with van der Waals surface area (Å²) in [6, 6.07) is 7.65. The normalized spacial score (nSPS) is 12.6. The molecule has 1 heterocycles. The lowest BCUT2D eigenvalue weighted by atomic mass is 10.0. The second-order valence-electron chi connectivity index (χ2n) is 6.91. The lowest BCUT2D eigenvalue weighted by Gasteiger charge is -2.22. The molecule has 0 radical (unpaired) electrons. The van der Waals surface area contributed by atoms with Gasteiger partial charge in [-0.3, -0.25) is 4.79 Å². The molecule has 1 aromatic heterocycles. The van der Waals surface area contributed by atoms with Crippen LogP contribution in [0.25, 0.3) is 0 Å². The maximum Gasteiger partial charge on any atom is 0.244 e. The van der Waals surface area contributed by atoms with E-state index in [9.17, 15) is 17.6 Å². The Hall–Kier alpha value is -2.52. The van der Waals surface area contributed by atoms with Gasteiger partial charge in [0.2, 0.25) is 15.9 Å². The molecule has 152 valence electrons. The summed E-state index contributed by atoms with van der Waals surface area (Å²) in [6.07, 6.45) is 1.64. The predicted octanol–water partition coefficient (Wildman–Crippen LogP) is 1.91. The molecule has 9 heteroatoms. The molecule has 1 amide bonds. The number of rotatable bonds is 8. The van der Waals surface area contributed by atoms with E-state index in [1.54, 1.807) is 20.0 Å². The van der Waals surface area contributed by atoms with Crippen molar-refractivity contribution in [2.75, 3.05) is 19.0 Å². The smallest absolute Gasteiger partial charge is 0.244 e. The summed E-state index contributed by atoms with van der Waals surface area (Å²) in [7, 11) is -0.435. The van der Waals surface area contributed by atoms with Gasteiger partial charge in [0.05, 0.1) is 0 Å². The van der Waals surface area contributed by atoms with Crippen molar-refractivity contribution in [1.82, 2.24) is 15.0 Å². The Morgan fingerprint density at radius 3 is 2.39 bits per heavy atom. The fraction of sp³-hybridized carbons (Fsp3) is 0.368. The van der Waals surface area contributed by atoms with Gasteiger partial charge in [0.15, 0.2) is 0 Å². The maximum atomic E-state index is 13.9. The monoisotopic (exact) mass is 408 g/mol. The zero-order chi connectivity index (χ0) is 20.9. The third-order valence-electron chi connectivity index (χ3n) is 4.09. The molecule has 0 saturated heterocycles. The van der Waals surface area contributed by atoms with E-state index in [1.807, 2.05) is 31.1 Å². The van der Waals surface area contributed by atoms with Crippen LogP contribution in [-0.4, -0.2) is 39.4 Å². The van der Waals surface area contributed by atoms with Crippen molar-refractivity contribution in [3.05, 3.63) is 54.0 Å². The lowest BCUT2D eigenvalue weighted by Crippen LogP contribution is -2.49. The molecule has 28 heavy (non-hydrogen) atoms. The number of carbonyl (C=O) groups excluding carboxylic acids is 1. The quantitative estimate of drug-likeness (QED) is 0.696. The molecular formula is C19H25FN4O3S. The van der Waals surface area contributed by atoms with Crippen molar-refractivity contribution in [3.8, 4) is 0 Å². The summed E-state index contributed by atoms with van der Waals surface area (Å²) >= 11 is 0. The highest BCUT2D eigenvalue weighted by Crippen LogP contribution is 2.16. The predicted molar refractivity (Wildman–Crippen MR) is 106 cm³/mol.